The molecule has 2 heterocycles. The first-order chi connectivity index (χ1) is 14.1. The van der Waals surface area contributed by atoms with Crippen molar-refractivity contribution < 1.29 is 4.79 Å². The monoisotopic (exact) mass is 425 g/mol. The van der Waals surface area contributed by atoms with Crippen molar-refractivity contribution in [2.24, 2.45) is 0 Å². The van der Waals surface area contributed by atoms with Crippen LogP contribution in [0.5, 0.6) is 0 Å². The van der Waals surface area contributed by atoms with E-state index in [9.17, 15) is 4.79 Å². The lowest BCUT2D eigenvalue weighted by molar-refractivity contribution is 0.0592. The second kappa shape index (κ2) is 8.95. The second-order valence-corrected chi connectivity index (χ2v) is 7.81. The molecule has 0 N–H and O–H groups in total. The number of halogens is 2. The van der Waals surface area contributed by atoms with Crippen LogP contribution in [-0.2, 0) is 0 Å². The van der Waals surface area contributed by atoms with Gasteiger partial charge in [-0.25, -0.2) is 4.98 Å². The Morgan fingerprint density at radius 1 is 0.793 bits per heavy atom. The minimum absolute atomic E-state index is 0.155. The predicted molar refractivity (Wildman–Crippen MR) is 116 cm³/mol. The largest absolute Gasteiger partial charge is 0.335 e. The molecule has 1 aliphatic heterocycles. The maximum Gasteiger partial charge on any atom is 0.274 e. The molecule has 0 radical (unpaired) electrons. The smallest absolute Gasteiger partial charge is 0.274 e. The van der Waals surface area contributed by atoms with Crippen molar-refractivity contribution in [1.29, 1.82) is 0 Å². The lowest BCUT2D eigenvalue weighted by Gasteiger charge is -2.39. The number of pyridine rings is 1. The van der Waals surface area contributed by atoms with Gasteiger partial charge >= 0.3 is 0 Å². The molecule has 4 nitrogen and oxygen atoms in total. The number of amides is 1. The average molecular weight is 426 g/mol. The molecule has 0 aliphatic carbocycles. The van der Waals surface area contributed by atoms with Gasteiger partial charge in [-0.05, 0) is 23.3 Å². The summed E-state index contributed by atoms with van der Waals surface area (Å²) in [6.45, 7) is 2.75. The van der Waals surface area contributed by atoms with Gasteiger partial charge in [0.2, 0.25) is 0 Å². The van der Waals surface area contributed by atoms with Crippen LogP contribution < -0.4 is 0 Å². The SMILES string of the molecule is O=C(c1nc(Cl)ccc1Cl)N1CCN(C(c2ccccc2)c2ccccc2)CC1. The number of hydrogen-bond donors (Lipinski definition) is 0. The highest BCUT2D eigenvalue weighted by Gasteiger charge is 2.29. The van der Waals surface area contributed by atoms with Crippen LogP contribution in [0.15, 0.2) is 72.8 Å². The van der Waals surface area contributed by atoms with Crippen LogP contribution >= 0.6 is 23.2 Å². The molecule has 1 fully saturated rings. The molecule has 4 rings (SSSR count). The highest BCUT2D eigenvalue weighted by atomic mass is 35.5. The second-order valence-electron chi connectivity index (χ2n) is 7.02. The van der Waals surface area contributed by atoms with E-state index in [1.165, 1.54) is 11.1 Å². The number of aromatic nitrogens is 1. The van der Waals surface area contributed by atoms with Crippen molar-refractivity contribution in [2.75, 3.05) is 26.2 Å². The van der Waals surface area contributed by atoms with E-state index in [0.29, 0.717) is 18.1 Å². The number of nitrogens with zero attached hydrogens (tertiary/aromatic N) is 3. The van der Waals surface area contributed by atoms with E-state index in [0.717, 1.165) is 13.1 Å². The molecule has 1 aliphatic rings. The Bertz CT molecular complexity index is 934. The molecule has 0 atom stereocenters. The normalized spacial score (nSPS) is 14.9. The fourth-order valence-electron chi connectivity index (χ4n) is 3.79. The summed E-state index contributed by atoms with van der Waals surface area (Å²) in [5.41, 5.74) is 2.71. The van der Waals surface area contributed by atoms with Gasteiger partial charge in [0.25, 0.3) is 5.91 Å². The van der Waals surface area contributed by atoms with E-state index in [4.69, 9.17) is 23.2 Å². The molecule has 29 heavy (non-hydrogen) atoms. The Morgan fingerprint density at radius 2 is 1.34 bits per heavy atom. The Balaban J connectivity index is 1.52. The summed E-state index contributed by atoms with van der Waals surface area (Å²) in [5.74, 6) is -0.173. The zero-order valence-corrected chi connectivity index (χ0v) is 17.4. The number of carbonyl (C=O) groups excluding carboxylic acids is 1. The zero-order valence-electron chi connectivity index (χ0n) is 15.8. The van der Waals surface area contributed by atoms with E-state index in [-0.39, 0.29) is 22.8 Å². The van der Waals surface area contributed by atoms with Gasteiger partial charge in [0.05, 0.1) is 11.1 Å². The Labute approximate surface area is 180 Å². The maximum absolute atomic E-state index is 12.9. The standard InChI is InChI=1S/C23H21Cl2N3O/c24-19-11-12-20(25)26-21(19)23(29)28-15-13-27(14-16-28)22(17-7-3-1-4-8-17)18-9-5-2-6-10-18/h1-12,22H,13-16H2. The highest BCUT2D eigenvalue weighted by Crippen LogP contribution is 2.30. The Hall–Kier alpha value is -2.40. The van der Waals surface area contributed by atoms with Crippen molar-refractivity contribution in [2.45, 2.75) is 6.04 Å². The predicted octanol–water partition coefficient (Wildman–Crippen LogP) is 4.94. The van der Waals surface area contributed by atoms with Crippen LogP contribution in [0.1, 0.15) is 27.7 Å². The molecule has 0 unspecified atom stereocenters. The summed E-state index contributed by atoms with van der Waals surface area (Å²) in [5, 5.41) is 0.595. The van der Waals surface area contributed by atoms with Gasteiger partial charge in [0, 0.05) is 26.2 Å². The van der Waals surface area contributed by atoms with Crippen molar-refractivity contribution in [3.63, 3.8) is 0 Å². The molecule has 0 bridgehead atoms. The Kier molecular flexibility index (Phi) is 6.14. The van der Waals surface area contributed by atoms with Gasteiger partial charge in [0.15, 0.2) is 0 Å². The van der Waals surface area contributed by atoms with Crippen LogP contribution in [0.25, 0.3) is 0 Å². The van der Waals surface area contributed by atoms with E-state index in [2.05, 4.69) is 58.4 Å². The maximum atomic E-state index is 12.9. The first kappa shape index (κ1) is 19.9. The first-order valence-corrected chi connectivity index (χ1v) is 10.3. The molecule has 148 valence electrons. The summed E-state index contributed by atoms with van der Waals surface area (Å²) >= 11 is 12.1. The highest BCUT2D eigenvalue weighted by molar-refractivity contribution is 6.34. The summed E-state index contributed by atoms with van der Waals surface area (Å²) in [6.07, 6.45) is 0. The number of hydrogen-bond acceptors (Lipinski definition) is 3. The number of carbonyl (C=O) groups is 1. The third kappa shape index (κ3) is 4.45. The lowest BCUT2D eigenvalue weighted by Crippen LogP contribution is -2.50. The van der Waals surface area contributed by atoms with E-state index >= 15 is 0 Å². The van der Waals surface area contributed by atoms with Gasteiger partial charge in [-0.15, -0.1) is 0 Å². The Morgan fingerprint density at radius 3 is 1.90 bits per heavy atom. The average Bonchev–Trinajstić information content (AvgIpc) is 2.77. The van der Waals surface area contributed by atoms with Gasteiger partial charge < -0.3 is 4.90 Å². The van der Waals surface area contributed by atoms with E-state index in [1.54, 1.807) is 17.0 Å². The fourth-order valence-corrected chi connectivity index (χ4v) is 4.12. The fraction of sp³-hybridized carbons (Fsp3) is 0.217. The van der Waals surface area contributed by atoms with Crippen LogP contribution in [0.3, 0.4) is 0 Å². The first-order valence-electron chi connectivity index (χ1n) is 9.59. The molecule has 0 spiro atoms. The molecule has 0 saturated carbocycles. The van der Waals surface area contributed by atoms with Gasteiger partial charge in [-0.2, -0.15) is 0 Å². The van der Waals surface area contributed by atoms with Crippen LogP contribution in [0, 0.1) is 0 Å². The molecule has 1 aromatic heterocycles. The number of rotatable bonds is 4. The van der Waals surface area contributed by atoms with Gasteiger partial charge in [0.1, 0.15) is 10.8 Å². The van der Waals surface area contributed by atoms with Crippen LogP contribution in [-0.4, -0.2) is 46.9 Å². The van der Waals surface area contributed by atoms with E-state index in [1.807, 2.05) is 12.1 Å². The van der Waals surface area contributed by atoms with Crippen molar-refractivity contribution >= 4 is 29.1 Å². The number of piperazine rings is 1. The number of benzene rings is 2. The summed E-state index contributed by atoms with van der Waals surface area (Å²) in [4.78, 5) is 21.2. The summed E-state index contributed by atoms with van der Waals surface area (Å²) in [7, 11) is 0. The summed E-state index contributed by atoms with van der Waals surface area (Å²) < 4.78 is 0. The molecule has 6 heteroatoms. The van der Waals surface area contributed by atoms with Crippen molar-refractivity contribution in [3.05, 3.63) is 99.8 Å². The quantitative estimate of drug-likeness (QED) is 0.555. The van der Waals surface area contributed by atoms with Gasteiger partial charge in [-0.1, -0.05) is 83.9 Å². The van der Waals surface area contributed by atoms with Crippen LogP contribution in [0.4, 0.5) is 0 Å². The minimum Gasteiger partial charge on any atom is -0.335 e. The molecular formula is C23H21Cl2N3O. The van der Waals surface area contributed by atoms with Crippen LogP contribution in [0.2, 0.25) is 10.2 Å². The molecule has 3 aromatic rings. The zero-order chi connectivity index (χ0) is 20.2. The van der Waals surface area contributed by atoms with E-state index < -0.39 is 0 Å². The lowest BCUT2D eigenvalue weighted by atomic mass is 9.96. The molecule has 1 amide bonds. The van der Waals surface area contributed by atoms with Gasteiger partial charge in [-0.3, -0.25) is 9.69 Å². The third-order valence-corrected chi connectivity index (χ3v) is 5.73. The molecular weight excluding hydrogens is 405 g/mol. The summed E-state index contributed by atoms with van der Waals surface area (Å²) in [6, 6.07) is 24.3. The topological polar surface area (TPSA) is 36.4 Å². The van der Waals surface area contributed by atoms with Crippen molar-refractivity contribution in [3.8, 4) is 0 Å². The molecule has 2 aromatic carbocycles. The minimum atomic E-state index is -0.173. The third-order valence-electron chi connectivity index (χ3n) is 5.21. The van der Waals surface area contributed by atoms with Crippen molar-refractivity contribution in [1.82, 2.24) is 14.8 Å². The molecule has 1 saturated heterocycles.